The van der Waals surface area contributed by atoms with Crippen molar-refractivity contribution in [2.24, 2.45) is 4.99 Å². The standard InChI is InChI=1S/C25H20N2O5/c1-16-4-3-5-19(12-16)15-31-21-9-6-18(7-10-21)14-22-25(28)32-24(26-22)20-8-11-23(27(29)30)17(2)13-20/h3-14H,15H2,1-2H3/b22-14-. The first-order valence-electron chi connectivity index (χ1n) is 9.95. The molecule has 4 rings (SSSR count). The molecular formula is C25H20N2O5. The lowest BCUT2D eigenvalue weighted by atomic mass is 10.1. The number of esters is 1. The van der Waals surface area contributed by atoms with Gasteiger partial charge in [-0.3, -0.25) is 10.1 Å². The molecule has 0 aromatic heterocycles. The molecule has 0 saturated heterocycles. The van der Waals surface area contributed by atoms with Crippen LogP contribution >= 0.6 is 0 Å². The molecule has 3 aromatic rings. The highest BCUT2D eigenvalue weighted by Gasteiger charge is 2.25. The molecule has 1 heterocycles. The van der Waals surface area contributed by atoms with Gasteiger partial charge in [0.25, 0.3) is 5.69 Å². The molecule has 32 heavy (non-hydrogen) atoms. The third kappa shape index (κ3) is 4.73. The molecule has 0 N–H and O–H groups in total. The van der Waals surface area contributed by atoms with Crippen LogP contribution in [-0.4, -0.2) is 16.8 Å². The van der Waals surface area contributed by atoms with Gasteiger partial charge in [0, 0.05) is 17.2 Å². The molecule has 7 nitrogen and oxygen atoms in total. The van der Waals surface area contributed by atoms with Crippen molar-refractivity contribution in [2.45, 2.75) is 20.5 Å². The summed E-state index contributed by atoms with van der Waals surface area (Å²) < 4.78 is 11.1. The Morgan fingerprint density at radius 2 is 1.84 bits per heavy atom. The number of benzene rings is 3. The first kappa shape index (κ1) is 21.0. The minimum absolute atomic E-state index is 0.000790. The summed E-state index contributed by atoms with van der Waals surface area (Å²) in [4.78, 5) is 27.0. The number of nitrogens with zero attached hydrogens (tertiary/aromatic N) is 2. The van der Waals surface area contributed by atoms with E-state index in [1.165, 1.54) is 17.7 Å². The van der Waals surface area contributed by atoms with E-state index in [0.29, 0.717) is 23.5 Å². The number of rotatable bonds is 6. The summed E-state index contributed by atoms with van der Waals surface area (Å²) in [5, 5.41) is 11.0. The maximum atomic E-state index is 12.2. The van der Waals surface area contributed by atoms with Crippen LogP contribution < -0.4 is 4.74 Å². The fourth-order valence-electron chi connectivity index (χ4n) is 3.31. The molecule has 0 atom stereocenters. The van der Waals surface area contributed by atoms with Gasteiger partial charge in [0.05, 0.1) is 4.92 Å². The normalized spacial score (nSPS) is 14.2. The maximum Gasteiger partial charge on any atom is 0.363 e. The first-order chi connectivity index (χ1) is 15.4. The molecule has 1 aliphatic heterocycles. The summed E-state index contributed by atoms with van der Waals surface area (Å²) in [5.74, 6) is 0.265. The van der Waals surface area contributed by atoms with Crippen molar-refractivity contribution < 1.29 is 19.2 Å². The molecule has 0 aliphatic carbocycles. The van der Waals surface area contributed by atoms with E-state index in [1.54, 1.807) is 19.1 Å². The lowest BCUT2D eigenvalue weighted by Gasteiger charge is -2.07. The molecule has 0 saturated carbocycles. The van der Waals surface area contributed by atoms with Crippen LogP contribution in [0.1, 0.15) is 27.8 Å². The maximum absolute atomic E-state index is 12.2. The van der Waals surface area contributed by atoms with Crippen molar-refractivity contribution in [3.63, 3.8) is 0 Å². The largest absolute Gasteiger partial charge is 0.489 e. The van der Waals surface area contributed by atoms with Crippen LogP contribution in [0.25, 0.3) is 6.08 Å². The molecule has 3 aromatic carbocycles. The second-order valence-corrected chi connectivity index (χ2v) is 7.44. The highest BCUT2D eigenvalue weighted by atomic mass is 16.6. The van der Waals surface area contributed by atoms with E-state index in [-0.39, 0.29) is 17.3 Å². The zero-order valence-corrected chi connectivity index (χ0v) is 17.6. The Hall–Kier alpha value is -4.26. The molecule has 7 heteroatoms. The van der Waals surface area contributed by atoms with Gasteiger partial charge in [-0.1, -0.05) is 42.0 Å². The number of hydrogen-bond donors (Lipinski definition) is 0. The van der Waals surface area contributed by atoms with Crippen molar-refractivity contribution in [1.82, 2.24) is 0 Å². The van der Waals surface area contributed by atoms with Crippen molar-refractivity contribution in [1.29, 1.82) is 0 Å². The summed E-state index contributed by atoms with van der Waals surface area (Å²) in [6.07, 6.45) is 1.62. The van der Waals surface area contributed by atoms with E-state index in [0.717, 1.165) is 11.1 Å². The first-order valence-corrected chi connectivity index (χ1v) is 9.95. The third-order valence-electron chi connectivity index (χ3n) is 4.93. The Bertz CT molecular complexity index is 1260. The number of cyclic esters (lactones) is 1. The van der Waals surface area contributed by atoms with Gasteiger partial charge in [0.15, 0.2) is 5.70 Å². The predicted octanol–water partition coefficient (Wildman–Crippen LogP) is 5.14. The van der Waals surface area contributed by atoms with E-state index < -0.39 is 10.9 Å². The Balaban J connectivity index is 1.47. The smallest absolute Gasteiger partial charge is 0.363 e. The second kappa shape index (κ2) is 8.85. The fraction of sp³-hybridized carbons (Fsp3) is 0.120. The highest BCUT2D eigenvalue weighted by molar-refractivity contribution is 6.13. The van der Waals surface area contributed by atoms with E-state index in [9.17, 15) is 14.9 Å². The zero-order valence-electron chi connectivity index (χ0n) is 17.6. The van der Waals surface area contributed by atoms with Gasteiger partial charge in [-0.25, -0.2) is 9.79 Å². The highest BCUT2D eigenvalue weighted by Crippen LogP contribution is 2.24. The van der Waals surface area contributed by atoms with Crippen LogP contribution in [0.3, 0.4) is 0 Å². The molecule has 160 valence electrons. The summed E-state index contributed by atoms with van der Waals surface area (Å²) >= 11 is 0. The van der Waals surface area contributed by atoms with Crippen molar-refractivity contribution in [3.8, 4) is 5.75 Å². The monoisotopic (exact) mass is 428 g/mol. The number of carbonyl (C=O) groups excluding carboxylic acids is 1. The van der Waals surface area contributed by atoms with Crippen LogP contribution in [0.15, 0.2) is 77.4 Å². The van der Waals surface area contributed by atoms with Gasteiger partial charge < -0.3 is 9.47 Å². The number of aliphatic imine (C=N–C) groups is 1. The molecule has 1 aliphatic rings. The molecule has 0 radical (unpaired) electrons. The quantitative estimate of drug-likeness (QED) is 0.235. The summed E-state index contributed by atoms with van der Waals surface area (Å²) in [5.41, 5.74) is 4.16. The minimum Gasteiger partial charge on any atom is -0.489 e. The van der Waals surface area contributed by atoms with E-state index in [4.69, 9.17) is 9.47 Å². The number of nitro groups is 1. The Kier molecular flexibility index (Phi) is 5.81. The van der Waals surface area contributed by atoms with Gasteiger partial charge in [-0.05, 0) is 55.3 Å². The Morgan fingerprint density at radius 1 is 1.06 bits per heavy atom. The van der Waals surface area contributed by atoms with E-state index >= 15 is 0 Å². The molecule has 0 bridgehead atoms. The molecule has 0 spiro atoms. The zero-order chi connectivity index (χ0) is 22.7. The minimum atomic E-state index is -0.573. The van der Waals surface area contributed by atoms with Crippen LogP contribution in [0.2, 0.25) is 0 Å². The van der Waals surface area contributed by atoms with Gasteiger partial charge in [0.1, 0.15) is 12.4 Å². The molecule has 0 fully saturated rings. The summed E-state index contributed by atoms with van der Waals surface area (Å²) in [7, 11) is 0. The van der Waals surface area contributed by atoms with Crippen molar-refractivity contribution in [2.75, 3.05) is 0 Å². The SMILES string of the molecule is Cc1cccc(COc2ccc(/C=C3\N=C(c4ccc([N+](=O)[O-])c(C)c4)OC3=O)cc2)c1. The van der Waals surface area contributed by atoms with Gasteiger partial charge in [-0.2, -0.15) is 0 Å². The van der Waals surface area contributed by atoms with Gasteiger partial charge in [0.2, 0.25) is 5.90 Å². The average Bonchev–Trinajstić information content (AvgIpc) is 3.13. The van der Waals surface area contributed by atoms with E-state index in [1.807, 2.05) is 49.4 Å². The molecule has 0 unspecified atom stereocenters. The number of aryl methyl sites for hydroxylation is 2. The van der Waals surface area contributed by atoms with Crippen LogP contribution in [-0.2, 0) is 16.1 Å². The molecular weight excluding hydrogens is 408 g/mol. The van der Waals surface area contributed by atoms with Crippen molar-refractivity contribution in [3.05, 3.63) is 110 Å². The van der Waals surface area contributed by atoms with E-state index in [2.05, 4.69) is 11.1 Å². The second-order valence-electron chi connectivity index (χ2n) is 7.44. The number of nitro benzene ring substituents is 1. The summed E-state index contributed by atoms with van der Waals surface area (Å²) in [6, 6.07) is 19.9. The topological polar surface area (TPSA) is 91.0 Å². The number of hydrogen-bond acceptors (Lipinski definition) is 6. The molecule has 0 amide bonds. The lowest BCUT2D eigenvalue weighted by molar-refractivity contribution is -0.385. The fourth-order valence-corrected chi connectivity index (χ4v) is 3.31. The number of ether oxygens (including phenoxy) is 2. The van der Waals surface area contributed by atoms with Crippen LogP contribution in [0, 0.1) is 24.0 Å². The predicted molar refractivity (Wildman–Crippen MR) is 120 cm³/mol. The Morgan fingerprint density at radius 3 is 2.53 bits per heavy atom. The average molecular weight is 428 g/mol. The van der Waals surface area contributed by atoms with Crippen LogP contribution in [0.4, 0.5) is 5.69 Å². The Labute approximate surface area is 184 Å². The lowest BCUT2D eigenvalue weighted by Crippen LogP contribution is -2.06. The third-order valence-corrected chi connectivity index (χ3v) is 4.93. The van der Waals surface area contributed by atoms with Gasteiger partial charge >= 0.3 is 5.97 Å². The number of carbonyl (C=O) groups is 1. The summed E-state index contributed by atoms with van der Waals surface area (Å²) in [6.45, 7) is 4.13. The van der Waals surface area contributed by atoms with Gasteiger partial charge in [-0.15, -0.1) is 0 Å². The van der Waals surface area contributed by atoms with Crippen LogP contribution in [0.5, 0.6) is 5.75 Å². The van der Waals surface area contributed by atoms with Crippen molar-refractivity contribution >= 4 is 23.6 Å².